The molecule has 2 aromatic heterocycles. The molecular weight excluding hydrogens is 268 g/mol. The second-order valence-corrected chi connectivity index (χ2v) is 4.56. The first-order chi connectivity index (χ1) is 10.2. The van der Waals surface area contributed by atoms with Gasteiger partial charge in [-0.05, 0) is 30.2 Å². The molecule has 0 fully saturated rings. The van der Waals surface area contributed by atoms with E-state index in [0.29, 0.717) is 11.4 Å². The molecule has 5 nitrogen and oxygen atoms in total. The van der Waals surface area contributed by atoms with E-state index in [9.17, 15) is 9.90 Å². The zero-order valence-corrected chi connectivity index (χ0v) is 11.5. The summed E-state index contributed by atoms with van der Waals surface area (Å²) >= 11 is 0. The van der Waals surface area contributed by atoms with Crippen LogP contribution in [0.15, 0.2) is 48.7 Å². The van der Waals surface area contributed by atoms with Crippen LogP contribution in [0.5, 0.6) is 11.6 Å². The number of nitrogens with zero attached hydrogens (tertiary/aromatic N) is 2. The Kier molecular flexibility index (Phi) is 3.31. The highest BCUT2D eigenvalue weighted by atomic mass is 16.5. The number of carbonyl (C=O) groups is 1. The molecule has 21 heavy (non-hydrogen) atoms. The van der Waals surface area contributed by atoms with Crippen LogP contribution >= 0.6 is 0 Å². The van der Waals surface area contributed by atoms with E-state index in [-0.39, 0.29) is 11.6 Å². The monoisotopic (exact) mass is 282 g/mol. The van der Waals surface area contributed by atoms with Gasteiger partial charge in [-0.25, -0.2) is 4.79 Å². The Morgan fingerprint density at radius 1 is 1.24 bits per heavy atom. The smallest absolute Gasteiger partial charge is 0.358 e. The van der Waals surface area contributed by atoms with Gasteiger partial charge in [-0.1, -0.05) is 31.2 Å². The van der Waals surface area contributed by atoms with Crippen molar-refractivity contribution in [3.63, 3.8) is 0 Å². The molecule has 106 valence electrons. The van der Waals surface area contributed by atoms with Crippen molar-refractivity contribution in [2.75, 3.05) is 0 Å². The molecule has 0 saturated carbocycles. The molecule has 0 aliphatic carbocycles. The standard InChI is InChI=1S/C16H14N2O3/c1-2-11-7-3-4-8-12(11)21-15-14(16(19)20)18-10-6-5-9-13(18)17-15/h3-10H,2H2,1H3,(H,19,20). The van der Waals surface area contributed by atoms with Gasteiger partial charge in [0.1, 0.15) is 11.4 Å². The number of benzene rings is 1. The van der Waals surface area contributed by atoms with E-state index in [0.717, 1.165) is 12.0 Å². The number of hydrogen-bond acceptors (Lipinski definition) is 3. The van der Waals surface area contributed by atoms with Crippen LogP contribution in [0, 0.1) is 0 Å². The minimum atomic E-state index is -1.07. The number of hydrogen-bond donors (Lipinski definition) is 1. The van der Waals surface area contributed by atoms with Crippen LogP contribution in [-0.4, -0.2) is 20.5 Å². The molecule has 2 heterocycles. The van der Waals surface area contributed by atoms with Gasteiger partial charge in [0.15, 0.2) is 5.69 Å². The van der Waals surface area contributed by atoms with Gasteiger partial charge in [-0.2, -0.15) is 4.98 Å². The van der Waals surface area contributed by atoms with Crippen molar-refractivity contribution in [3.8, 4) is 11.6 Å². The zero-order chi connectivity index (χ0) is 14.8. The summed E-state index contributed by atoms with van der Waals surface area (Å²) < 4.78 is 7.27. The topological polar surface area (TPSA) is 63.8 Å². The van der Waals surface area contributed by atoms with Gasteiger partial charge in [0.25, 0.3) is 5.88 Å². The third-order valence-electron chi connectivity index (χ3n) is 3.26. The number of aryl methyl sites for hydroxylation is 1. The predicted molar refractivity (Wildman–Crippen MR) is 78.0 cm³/mol. The first-order valence-electron chi connectivity index (χ1n) is 6.67. The molecule has 0 radical (unpaired) electrons. The molecule has 0 amide bonds. The van der Waals surface area contributed by atoms with Gasteiger partial charge in [0, 0.05) is 6.20 Å². The Balaban J connectivity index is 2.12. The molecule has 0 atom stereocenters. The van der Waals surface area contributed by atoms with Crippen molar-refractivity contribution in [1.29, 1.82) is 0 Å². The molecule has 1 N–H and O–H groups in total. The summed E-state index contributed by atoms with van der Waals surface area (Å²) in [5.74, 6) is -0.335. The minimum absolute atomic E-state index is 0.0245. The van der Waals surface area contributed by atoms with Crippen molar-refractivity contribution >= 4 is 11.6 Å². The number of carboxylic acids is 1. The number of carboxylic acid groups (broad SMARTS) is 1. The van der Waals surface area contributed by atoms with Gasteiger partial charge in [0.05, 0.1) is 0 Å². The molecule has 0 saturated heterocycles. The first-order valence-corrected chi connectivity index (χ1v) is 6.67. The highest BCUT2D eigenvalue weighted by molar-refractivity contribution is 5.90. The van der Waals surface area contributed by atoms with Crippen LogP contribution in [0.1, 0.15) is 23.0 Å². The second-order valence-electron chi connectivity index (χ2n) is 4.56. The molecule has 3 aromatic rings. The molecule has 1 aromatic carbocycles. The Bertz CT molecular complexity index is 808. The van der Waals surface area contributed by atoms with Gasteiger partial charge < -0.3 is 9.84 Å². The average Bonchev–Trinajstić information content (AvgIpc) is 2.85. The summed E-state index contributed by atoms with van der Waals surface area (Å²) in [5.41, 5.74) is 1.57. The third-order valence-corrected chi connectivity index (χ3v) is 3.26. The van der Waals surface area contributed by atoms with E-state index in [1.807, 2.05) is 31.2 Å². The van der Waals surface area contributed by atoms with Crippen LogP contribution in [0.4, 0.5) is 0 Å². The van der Waals surface area contributed by atoms with Crippen LogP contribution in [-0.2, 0) is 6.42 Å². The van der Waals surface area contributed by atoms with Crippen molar-refractivity contribution < 1.29 is 14.6 Å². The summed E-state index contributed by atoms with van der Waals surface area (Å²) in [7, 11) is 0. The van der Waals surface area contributed by atoms with Crippen LogP contribution in [0.25, 0.3) is 5.65 Å². The maximum absolute atomic E-state index is 11.5. The lowest BCUT2D eigenvalue weighted by atomic mass is 10.1. The highest BCUT2D eigenvalue weighted by Crippen LogP contribution is 2.28. The number of aromatic nitrogens is 2. The molecule has 5 heteroatoms. The Labute approximate surface area is 121 Å². The number of aromatic carboxylic acids is 1. The summed E-state index contributed by atoms with van der Waals surface area (Å²) in [6, 6.07) is 12.8. The number of pyridine rings is 1. The summed E-state index contributed by atoms with van der Waals surface area (Å²) in [6.07, 6.45) is 2.45. The fraction of sp³-hybridized carbons (Fsp3) is 0.125. The van der Waals surface area contributed by atoms with Gasteiger partial charge >= 0.3 is 5.97 Å². The minimum Gasteiger partial charge on any atom is -0.476 e. The maximum Gasteiger partial charge on any atom is 0.358 e. The van der Waals surface area contributed by atoms with Crippen LogP contribution in [0.3, 0.4) is 0 Å². The Hall–Kier alpha value is -2.82. The van der Waals surface area contributed by atoms with Crippen LogP contribution < -0.4 is 4.74 Å². The van der Waals surface area contributed by atoms with Crippen LogP contribution in [0.2, 0.25) is 0 Å². The second kappa shape index (κ2) is 5.28. The van der Waals surface area contributed by atoms with Gasteiger partial charge in [-0.3, -0.25) is 4.40 Å². The van der Waals surface area contributed by atoms with E-state index in [1.54, 1.807) is 24.4 Å². The number of imidazole rings is 1. The van der Waals surface area contributed by atoms with E-state index >= 15 is 0 Å². The lowest BCUT2D eigenvalue weighted by Gasteiger charge is -2.08. The van der Waals surface area contributed by atoms with Gasteiger partial charge in [-0.15, -0.1) is 0 Å². The van der Waals surface area contributed by atoms with E-state index in [4.69, 9.17) is 4.74 Å². The predicted octanol–water partition coefficient (Wildman–Crippen LogP) is 3.39. The third kappa shape index (κ3) is 2.33. The van der Waals surface area contributed by atoms with Crippen molar-refractivity contribution in [2.45, 2.75) is 13.3 Å². The number of fused-ring (bicyclic) bond motifs is 1. The Morgan fingerprint density at radius 2 is 2.00 bits per heavy atom. The molecule has 0 aliphatic rings. The first kappa shape index (κ1) is 13.2. The normalized spacial score (nSPS) is 10.7. The molecule has 3 rings (SSSR count). The molecule has 0 aliphatic heterocycles. The summed E-state index contributed by atoms with van der Waals surface area (Å²) in [6.45, 7) is 2.02. The molecule has 0 spiro atoms. The molecular formula is C16H14N2O3. The van der Waals surface area contributed by atoms with E-state index < -0.39 is 5.97 Å². The Morgan fingerprint density at radius 3 is 2.76 bits per heavy atom. The van der Waals surface area contributed by atoms with E-state index in [1.165, 1.54) is 4.40 Å². The fourth-order valence-corrected chi connectivity index (χ4v) is 2.24. The van der Waals surface area contributed by atoms with Gasteiger partial charge in [0.2, 0.25) is 0 Å². The zero-order valence-electron chi connectivity index (χ0n) is 11.5. The van der Waals surface area contributed by atoms with Crippen molar-refractivity contribution in [3.05, 3.63) is 59.9 Å². The van der Waals surface area contributed by atoms with Crippen molar-refractivity contribution in [2.24, 2.45) is 0 Å². The van der Waals surface area contributed by atoms with E-state index in [2.05, 4.69) is 4.98 Å². The molecule has 0 unspecified atom stereocenters. The quantitative estimate of drug-likeness (QED) is 0.796. The summed E-state index contributed by atoms with van der Waals surface area (Å²) in [4.78, 5) is 15.8. The van der Waals surface area contributed by atoms with Crippen molar-refractivity contribution in [1.82, 2.24) is 9.38 Å². The summed E-state index contributed by atoms with van der Waals surface area (Å²) in [5, 5.41) is 9.42. The highest BCUT2D eigenvalue weighted by Gasteiger charge is 2.20. The fourth-order valence-electron chi connectivity index (χ4n) is 2.24. The average molecular weight is 282 g/mol. The SMILES string of the molecule is CCc1ccccc1Oc1nc2ccccn2c1C(=O)O. The number of rotatable bonds is 4. The number of ether oxygens (including phenoxy) is 1. The lowest BCUT2D eigenvalue weighted by molar-refractivity contribution is 0.0686. The molecule has 0 bridgehead atoms. The lowest BCUT2D eigenvalue weighted by Crippen LogP contribution is -2.03. The number of para-hydroxylation sites is 1. The maximum atomic E-state index is 11.5. The largest absolute Gasteiger partial charge is 0.476 e.